The van der Waals surface area contributed by atoms with Crippen molar-refractivity contribution in [3.05, 3.63) is 29.8 Å². The molecular weight excluding hydrogens is 280 g/mol. The fraction of sp³-hybridized carbons (Fsp3) is 0.0833. The molecule has 0 unspecified atom stereocenters. The summed E-state index contributed by atoms with van der Waals surface area (Å²) in [4.78, 5) is 35.0. The molecule has 20 heavy (non-hydrogen) atoms. The average Bonchev–Trinajstić information content (AvgIpc) is 2.77. The SMILES string of the molecule is N#Cc1ccccc1NC(=O)C(=O)[C@H]1NC(=S)NC1=O. The van der Waals surface area contributed by atoms with Crippen LogP contribution in [0.25, 0.3) is 0 Å². The maximum Gasteiger partial charge on any atom is 0.294 e. The number of thiocarbonyl (C=S) groups is 1. The van der Waals surface area contributed by atoms with E-state index in [4.69, 9.17) is 5.26 Å². The van der Waals surface area contributed by atoms with Crippen LogP contribution in [0.4, 0.5) is 5.69 Å². The first-order chi connectivity index (χ1) is 9.52. The summed E-state index contributed by atoms with van der Waals surface area (Å²) in [5, 5.41) is 15.8. The molecule has 1 saturated heterocycles. The number of nitriles is 1. The van der Waals surface area contributed by atoms with Crippen molar-refractivity contribution in [3.8, 4) is 6.07 Å². The lowest BCUT2D eigenvalue weighted by Crippen LogP contribution is -2.43. The molecule has 1 atom stereocenters. The Bertz CT molecular complexity index is 665. The van der Waals surface area contributed by atoms with Crippen molar-refractivity contribution < 1.29 is 14.4 Å². The highest BCUT2D eigenvalue weighted by molar-refractivity contribution is 7.80. The van der Waals surface area contributed by atoms with Crippen LogP contribution < -0.4 is 16.0 Å². The molecule has 3 N–H and O–H groups in total. The fourth-order valence-electron chi connectivity index (χ4n) is 1.61. The van der Waals surface area contributed by atoms with Crippen LogP contribution in [0.2, 0.25) is 0 Å². The molecule has 100 valence electrons. The van der Waals surface area contributed by atoms with Crippen molar-refractivity contribution in [1.82, 2.24) is 10.6 Å². The first-order valence-corrected chi connectivity index (χ1v) is 5.89. The predicted octanol–water partition coefficient (Wildman–Crippen LogP) is -0.561. The summed E-state index contributed by atoms with van der Waals surface area (Å²) in [6.45, 7) is 0. The molecule has 0 radical (unpaired) electrons. The van der Waals surface area contributed by atoms with E-state index in [1.807, 2.05) is 6.07 Å². The smallest absolute Gasteiger partial charge is 0.294 e. The molecule has 2 amide bonds. The summed E-state index contributed by atoms with van der Waals surface area (Å²) in [7, 11) is 0. The van der Waals surface area contributed by atoms with Crippen molar-refractivity contribution in [2.75, 3.05) is 5.32 Å². The summed E-state index contributed by atoms with van der Waals surface area (Å²) in [6.07, 6.45) is 0. The first-order valence-electron chi connectivity index (χ1n) is 5.48. The van der Waals surface area contributed by atoms with E-state index in [9.17, 15) is 14.4 Å². The number of rotatable bonds is 3. The van der Waals surface area contributed by atoms with Gasteiger partial charge in [-0.25, -0.2) is 0 Å². The lowest BCUT2D eigenvalue weighted by atomic mass is 10.1. The van der Waals surface area contributed by atoms with Crippen LogP contribution in [0.5, 0.6) is 0 Å². The second-order valence-corrected chi connectivity index (χ2v) is 4.28. The van der Waals surface area contributed by atoms with Crippen LogP contribution in [-0.4, -0.2) is 28.8 Å². The summed E-state index contributed by atoms with van der Waals surface area (Å²) in [5.41, 5.74) is 0.419. The zero-order valence-corrected chi connectivity index (χ0v) is 10.8. The largest absolute Gasteiger partial charge is 0.344 e. The van der Waals surface area contributed by atoms with Gasteiger partial charge in [0, 0.05) is 0 Å². The van der Waals surface area contributed by atoms with E-state index in [-0.39, 0.29) is 16.4 Å². The zero-order valence-electron chi connectivity index (χ0n) is 9.97. The molecule has 0 aliphatic carbocycles. The van der Waals surface area contributed by atoms with E-state index in [1.165, 1.54) is 12.1 Å². The Morgan fingerprint density at radius 3 is 2.65 bits per heavy atom. The number of hydrogen-bond donors (Lipinski definition) is 3. The molecule has 7 nitrogen and oxygen atoms in total. The van der Waals surface area contributed by atoms with E-state index >= 15 is 0 Å². The monoisotopic (exact) mass is 288 g/mol. The van der Waals surface area contributed by atoms with Gasteiger partial charge in [-0.2, -0.15) is 5.26 Å². The molecule has 0 bridgehead atoms. The zero-order chi connectivity index (χ0) is 14.7. The van der Waals surface area contributed by atoms with Crippen LogP contribution in [-0.2, 0) is 14.4 Å². The minimum Gasteiger partial charge on any atom is -0.344 e. The molecule has 1 heterocycles. The van der Waals surface area contributed by atoms with Gasteiger partial charge in [-0.1, -0.05) is 12.1 Å². The lowest BCUT2D eigenvalue weighted by Gasteiger charge is -2.08. The summed E-state index contributed by atoms with van der Waals surface area (Å²) >= 11 is 4.68. The highest BCUT2D eigenvalue weighted by atomic mass is 32.1. The second-order valence-electron chi connectivity index (χ2n) is 3.87. The summed E-state index contributed by atoms with van der Waals surface area (Å²) < 4.78 is 0. The Balaban J connectivity index is 2.13. The Hall–Kier alpha value is -2.79. The van der Waals surface area contributed by atoms with E-state index in [0.29, 0.717) is 0 Å². The number of carbonyl (C=O) groups excluding carboxylic acids is 3. The number of benzene rings is 1. The lowest BCUT2D eigenvalue weighted by molar-refractivity contribution is -0.138. The Labute approximate surface area is 119 Å². The number of anilines is 1. The van der Waals surface area contributed by atoms with Gasteiger partial charge >= 0.3 is 0 Å². The third-order valence-electron chi connectivity index (χ3n) is 2.56. The van der Waals surface area contributed by atoms with Gasteiger partial charge in [-0.05, 0) is 24.4 Å². The highest BCUT2D eigenvalue weighted by Crippen LogP contribution is 2.13. The van der Waals surface area contributed by atoms with Gasteiger partial charge in [0.1, 0.15) is 6.07 Å². The number of carbonyl (C=O) groups is 3. The number of para-hydroxylation sites is 1. The molecule has 1 aliphatic heterocycles. The van der Waals surface area contributed by atoms with E-state index in [2.05, 4.69) is 28.2 Å². The minimum absolute atomic E-state index is 0.00132. The van der Waals surface area contributed by atoms with E-state index in [0.717, 1.165) is 0 Å². The van der Waals surface area contributed by atoms with Gasteiger partial charge in [0.05, 0.1) is 11.3 Å². The Morgan fingerprint density at radius 2 is 2.05 bits per heavy atom. The number of hydrogen-bond acceptors (Lipinski definition) is 5. The normalized spacial score (nSPS) is 16.9. The quantitative estimate of drug-likeness (QED) is 0.390. The minimum atomic E-state index is -1.34. The average molecular weight is 288 g/mol. The second kappa shape index (κ2) is 5.46. The fourth-order valence-corrected chi connectivity index (χ4v) is 1.82. The maximum atomic E-state index is 11.8. The number of nitrogens with zero attached hydrogens (tertiary/aromatic N) is 1. The van der Waals surface area contributed by atoms with Crippen molar-refractivity contribution in [2.24, 2.45) is 0 Å². The van der Waals surface area contributed by atoms with Crippen LogP contribution in [0, 0.1) is 11.3 Å². The topological polar surface area (TPSA) is 111 Å². The van der Waals surface area contributed by atoms with E-state index in [1.54, 1.807) is 12.1 Å². The van der Waals surface area contributed by atoms with Gasteiger partial charge in [-0.15, -0.1) is 0 Å². The van der Waals surface area contributed by atoms with Crippen LogP contribution in [0.3, 0.4) is 0 Å². The molecule has 0 saturated carbocycles. The van der Waals surface area contributed by atoms with Crippen LogP contribution in [0.1, 0.15) is 5.56 Å². The molecule has 1 aromatic carbocycles. The number of nitrogens with one attached hydrogen (secondary N) is 3. The van der Waals surface area contributed by atoms with Gasteiger partial charge in [-0.3, -0.25) is 14.4 Å². The van der Waals surface area contributed by atoms with Crippen LogP contribution >= 0.6 is 12.2 Å². The molecular formula is C12H8N4O3S. The third kappa shape index (κ3) is 2.62. The molecule has 0 aromatic heterocycles. The first kappa shape index (κ1) is 13.6. The molecule has 1 fully saturated rings. The van der Waals surface area contributed by atoms with Crippen molar-refractivity contribution in [2.45, 2.75) is 6.04 Å². The van der Waals surface area contributed by atoms with Crippen molar-refractivity contribution in [3.63, 3.8) is 0 Å². The number of ketones is 1. The Kier molecular flexibility index (Phi) is 3.72. The predicted molar refractivity (Wildman–Crippen MR) is 72.5 cm³/mol. The van der Waals surface area contributed by atoms with Crippen LogP contribution in [0.15, 0.2) is 24.3 Å². The summed E-state index contributed by atoms with van der Waals surface area (Å²) in [6, 6.07) is 6.76. The van der Waals surface area contributed by atoms with Gasteiger partial charge in [0.2, 0.25) is 0 Å². The molecule has 1 aromatic rings. The van der Waals surface area contributed by atoms with Crippen molar-refractivity contribution >= 4 is 40.6 Å². The van der Waals surface area contributed by atoms with E-state index < -0.39 is 23.6 Å². The maximum absolute atomic E-state index is 11.8. The third-order valence-corrected chi connectivity index (χ3v) is 2.78. The molecule has 1 aliphatic rings. The highest BCUT2D eigenvalue weighted by Gasteiger charge is 2.37. The molecule has 0 spiro atoms. The van der Waals surface area contributed by atoms with Gasteiger partial charge in [0.15, 0.2) is 11.2 Å². The van der Waals surface area contributed by atoms with Gasteiger partial charge < -0.3 is 16.0 Å². The van der Waals surface area contributed by atoms with Gasteiger partial charge in [0.25, 0.3) is 17.6 Å². The number of Topliss-reactive ketones (excluding diaryl/α,β-unsaturated/α-hetero) is 1. The molecule has 8 heteroatoms. The van der Waals surface area contributed by atoms with Crippen molar-refractivity contribution in [1.29, 1.82) is 5.26 Å². The molecule has 2 rings (SSSR count). The Morgan fingerprint density at radius 1 is 1.35 bits per heavy atom. The number of amides is 2. The standard InChI is InChI=1S/C12H8N4O3S/c13-5-6-3-1-2-4-7(6)14-11(19)9(17)8-10(18)16-12(20)15-8/h1-4,8H,(H,14,19)(H2,15,16,18,20)/t8-/m1/s1. The summed E-state index contributed by atoms with van der Waals surface area (Å²) in [5.74, 6) is -2.65.